The van der Waals surface area contributed by atoms with Crippen molar-refractivity contribution in [1.29, 1.82) is 0 Å². The molecule has 0 spiro atoms. The van der Waals surface area contributed by atoms with E-state index in [0.29, 0.717) is 17.8 Å². The van der Waals surface area contributed by atoms with Gasteiger partial charge < -0.3 is 4.98 Å². The molecule has 0 unspecified atom stereocenters. The predicted molar refractivity (Wildman–Crippen MR) is 92.5 cm³/mol. The van der Waals surface area contributed by atoms with Crippen molar-refractivity contribution >= 4 is 0 Å². The standard InChI is InChI=1S/C19H18N2O2/c1-2-13-21-18(22)16(14-9-5-3-6-10-14)17(20-19(21)23)15-11-7-4-8-12-15/h3-12H,2,13H2,1H3,(H,20,23). The Morgan fingerprint density at radius 2 is 1.43 bits per heavy atom. The molecule has 0 radical (unpaired) electrons. The van der Waals surface area contributed by atoms with Gasteiger partial charge in [0.1, 0.15) is 0 Å². The van der Waals surface area contributed by atoms with Crippen molar-refractivity contribution in [3.8, 4) is 22.4 Å². The molecule has 1 aromatic heterocycles. The fourth-order valence-corrected chi connectivity index (χ4v) is 2.69. The smallest absolute Gasteiger partial charge is 0.306 e. The quantitative estimate of drug-likeness (QED) is 0.804. The average molecular weight is 306 g/mol. The first-order valence-electron chi connectivity index (χ1n) is 7.70. The van der Waals surface area contributed by atoms with E-state index in [9.17, 15) is 9.59 Å². The van der Waals surface area contributed by atoms with E-state index >= 15 is 0 Å². The molecular formula is C19H18N2O2. The normalized spacial score (nSPS) is 10.7. The lowest BCUT2D eigenvalue weighted by molar-refractivity contribution is 0.618. The maximum absolute atomic E-state index is 12.9. The molecule has 3 aromatic rings. The zero-order chi connectivity index (χ0) is 16.2. The van der Waals surface area contributed by atoms with Gasteiger partial charge in [0, 0.05) is 6.54 Å². The number of hydrogen-bond donors (Lipinski definition) is 1. The van der Waals surface area contributed by atoms with Crippen molar-refractivity contribution < 1.29 is 0 Å². The SMILES string of the molecule is CCCn1c(=O)[nH]c(-c2ccccc2)c(-c2ccccc2)c1=O. The lowest BCUT2D eigenvalue weighted by Gasteiger charge is -2.12. The van der Waals surface area contributed by atoms with Crippen molar-refractivity contribution in [2.75, 3.05) is 0 Å². The summed E-state index contributed by atoms with van der Waals surface area (Å²) in [6.07, 6.45) is 0.724. The maximum atomic E-state index is 12.9. The Labute approximate surface area is 134 Å². The summed E-state index contributed by atoms with van der Waals surface area (Å²) in [5.41, 5.74) is 2.11. The van der Waals surface area contributed by atoms with Crippen LogP contribution in [0.15, 0.2) is 70.3 Å². The highest BCUT2D eigenvalue weighted by Crippen LogP contribution is 2.26. The van der Waals surface area contributed by atoms with Crippen molar-refractivity contribution in [2.45, 2.75) is 19.9 Å². The van der Waals surface area contributed by atoms with Crippen molar-refractivity contribution in [1.82, 2.24) is 9.55 Å². The first-order chi connectivity index (χ1) is 11.2. The Bertz CT molecular complexity index is 910. The van der Waals surface area contributed by atoms with Crippen LogP contribution in [-0.2, 0) is 6.54 Å². The van der Waals surface area contributed by atoms with Gasteiger partial charge in [-0.1, -0.05) is 67.6 Å². The van der Waals surface area contributed by atoms with E-state index in [-0.39, 0.29) is 11.2 Å². The number of rotatable bonds is 4. The van der Waals surface area contributed by atoms with E-state index < -0.39 is 0 Å². The molecule has 116 valence electrons. The molecular weight excluding hydrogens is 288 g/mol. The molecule has 1 heterocycles. The Morgan fingerprint density at radius 1 is 0.870 bits per heavy atom. The zero-order valence-corrected chi connectivity index (χ0v) is 13.0. The molecule has 0 atom stereocenters. The summed E-state index contributed by atoms with van der Waals surface area (Å²) in [6, 6.07) is 18.9. The fourth-order valence-electron chi connectivity index (χ4n) is 2.69. The van der Waals surface area contributed by atoms with Crippen LogP contribution in [0.3, 0.4) is 0 Å². The summed E-state index contributed by atoms with van der Waals surface area (Å²) < 4.78 is 1.27. The minimum atomic E-state index is -0.365. The van der Waals surface area contributed by atoms with Crippen LogP contribution in [0, 0.1) is 0 Å². The number of nitrogens with one attached hydrogen (secondary N) is 1. The van der Waals surface area contributed by atoms with Gasteiger partial charge in [0.15, 0.2) is 0 Å². The number of hydrogen-bond acceptors (Lipinski definition) is 2. The van der Waals surface area contributed by atoms with Gasteiger partial charge in [-0.25, -0.2) is 4.79 Å². The van der Waals surface area contributed by atoms with E-state index in [2.05, 4.69) is 4.98 Å². The molecule has 4 nitrogen and oxygen atoms in total. The van der Waals surface area contributed by atoms with E-state index in [1.54, 1.807) is 0 Å². The highest BCUT2D eigenvalue weighted by molar-refractivity contribution is 5.79. The average Bonchev–Trinajstić information content (AvgIpc) is 2.59. The van der Waals surface area contributed by atoms with E-state index in [4.69, 9.17) is 0 Å². The number of nitrogens with zero attached hydrogens (tertiary/aromatic N) is 1. The molecule has 23 heavy (non-hydrogen) atoms. The molecule has 0 aliphatic carbocycles. The highest BCUT2D eigenvalue weighted by atomic mass is 16.2. The van der Waals surface area contributed by atoms with Gasteiger partial charge in [-0.05, 0) is 17.5 Å². The van der Waals surface area contributed by atoms with Gasteiger partial charge >= 0.3 is 5.69 Å². The number of aromatic amines is 1. The molecule has 0 bridgehead atoms. The third-order valence-corrected chi connectivity index (χ3v) is 3.76. The highest BCUT2D eigenvalue weighted by Gasteiger charge is 2.16. The summed E-state index contributed by atoms with van der Waals surface area (Å²) >= 11 is 0. The first-order valence-corrected chi connectivity index (χ1v) is 7.70. The van der Waals surface area contributed by atoms with Crippen LogP contribution in [0.2, 0.25) is 0 Å². The Balaban J connectivity index is 2.36. The predicted octanol–water partition coefficient (Wildman–Crippen LogP) is 3.28. The second-order valence-corrected chi connectivity index (χ2v) is 5.37. The van der Waals surface area contributed by atoms with Gasteiger partial charge in [0.25, 0.3) is 5.56 Å². The maximum Gasteiger partial charge on any atom is 0.328 e. The van der Waals surface area contributed by atoms with E-state index in [1.165, 1.54) is 4.57 Å². The van der Waals surface area contributed by atoms with Gasteiger partial charge in [-0.2, -0.15) is 0 Å². The molecule has 0 saturated carbocycles. The summed E-state index contributed by atoms with van der Waals surface area (Å²) in [6.45, 7) is 2.35. The number of benzene rings is 2. The van der Waals surface area contributed by atoms with Gasteiger partial charge in [0.05, 0.1) is 11.3 Å². The lowest BCUT2D eigenvalue weighted by Crippen LogP contribution is -2.36. The second-order valence-electron chi connectivity index (χ2n) is 5.37. The van der Waals surface area contributed by atoms with Crippen LogP contribution >= 0.6 is 0 Å². The van der Waals surface area contributed by atoms with Crippen LogP contribution in [0.5, 0.6) is 0 Å². The summed E-state index contributed by atoms with van der Waals surface area (Å²) in [5, 5.41) is 0. The van der Waals surface area contributed by atoms with Crippen LogP contribution in [-0.4, -0.2) is 9.55 Å². The molecule has 0 fully saturated rings. The fraction of sp³-hybridized carbons (Fsp3) is 0.158. The molecule has 0 aliphatic heterocycles. The van der Waals surface area contributed by atoms with E-state index in [0.717, 1.165) is 17.5 Å². The first kappa shape index (κ1) is 15.0. The van der Waals surface area contributed by atoms with Crippen LogP contribution in [0.4, 0.5) is 0 Å². The minimum absolute atomic E-state index is 0.249. The van der Waals surface area contributed by atoms with Crippen molar-refractivity contribution in [2.24, 2.45) is 0 Å². The Kier molecular flexibility index (Phi) is 4.24. The molecule has 0 saturated heterocycles. The third-order valence-electron chi connectivity index (χ3n) is 3.76. The largest absolute Gasteiger partial charge is 0.328 e. The number of H-pyrrole nitrogens is 1. The topological polar surface area (TPSA) is 54.9 Å². The van der Waals surface area contributed by atoms with Gasteiger partial charge in [-0.15, -0.1) is 0 Å². The summed E-state index contributed by atoms with van der Waals surface area (Å²) in [5.74, 6) is 0. The third kappa shape index (κ3) is 2.88. The second kappa shape index (κ2) is 6.48. The summed E-state index contributed by atoms with van der Waals surface area (Å²) in [4.78, 5) is 28.1. The lowest BCUT2D eigenvalue weighted by atomic mass is 10.0. The molecule has 2 aromatic carbocycles. The minimum Gasteiger partial charge on any atom is -0.306 e. The Morgan fingerprint density at radius 3 is 2.00 bits per heavy atom. The number of aromatic nitrogens is 2. The van der Waals surface area contributed by atoms with Crippen molar-refractivity contribution in [3.63, 3.8) is 0 Å². The van der Waals surface area contributed by atoms with E-state index in [1.807, 2.05) is 67.6 Å². The molecule has 0 aliphatic rings. The van der Waals surface area contributed by atoms with Gasteiger partial charge in [0.2, 0.25) is 0 Å². The van der Waals surface area contributed by atoms with Gasteiger partial charge in [-0.3, -0.25) is 9.36 Å². The Hall–Kier alpha value is -2.88. The molecule has 1 N–H and O–H groups in total. The monoisotopic (exact) mass is 306 g/mol. The zero-order valence-electron chi connectivity index (χ0n) is 13.0. The van der Waals surface area contributed by atoms with Crippen molar-refractivity contribution in [3.05, 3.63) is 81.5 Å². The van der Waals surface area contributed by atoms with Crippen LogP contribution in [0.25, 0.3) is 22.4 Å². The molecule has 3 rings (SSSR count). The summed E-state index contributed by atoms with van der Waals surface area (Å²) in [7, 11) is 0. The molecule has 0 amide bonds. The molecule has 4 heteroatoms. The van der Waals surface area contributed by atoms with Crippen LogP contribution < -0.4 is 11.2 Å². The van der Waals surface area contributed by atoms with Crippen LogP contribution in [0.1, 0.15) is 13.3 Å².